The summed E-state index contributed by atoms with van der Waals surface area (Å²) in [5, 5.41) is 3.55. The summed E-state index contributed by atoms with van der Waals surface area (Å²) in [5.74, 6) is 1.71. The fourth-order valence-corrected chi connectivity index (χ4v) is 2.75. The quantitative estimate of drug-likeness (QED) is 0.899. The van der Waals surface area contributed by atoms with Crippen LogP contribution in [0.1, 0.15) is 25.3 Å². The number of hydrogen-bond donors (Lipinski definition) is 1. The number of ether oxygens (including phenoxy) is 2. The zero-order valence-electron chi connectivity index (χ0n) is 13.0. The first-order chi connectivity index (χ1) is 10.2. The van der Waals surface area contributed by atoms with E-state index in [9.17, 15) is 4.79 Å². The fourth-order valence-electron chi connectivity index (χ4n) is 2.75. The van der Waals surface area contributed by atoms with Gasteiger partial charge in [-0.15, -0.1) is 0 Å². The molecule has 1 aromatic rings. The van der Waals surface area contributed by atoms with E-state index in [1.54, 1.807) is 21.1 Å². The maximum absolute atomic E-state index is 11.3. The summed E-state index contributed by atoms with van der Waals surface area (Å²) in [6.45, 7) is 4.05. The molecule has 2 rings (SSSR count). The molecule has 5 heteroatoms. The number of hydrogen-bond acceptors (Lipinski definition) is 4. The SMILES string of the molecule is COc1cccc(CNC2CCN(C(C)=O)CC2)c1OC. The van der Waals surface area contributed by atoms with E-state index >= 15 is 0 Å². The number of piperidine rings is 1. The summed E-state index contributed by atoms with van der Waals surface area (Å²) in [4.78, 5) is 13.2. The monoisotopic (exact) mass is 292 g/mol. The molecule has 5 nitrogen and oxygen atoms in total. The van der Waals surface area contributed by atoms with E-state index in [1.807, 2.05) is 23.1 Å². The predicted molar refractivity (Wildman–Crippen MR) is 81.7 cm³/mol. The van der Waals surface area contributed by atoms with Gasteiger partial charge in [-0.3, -0.25) is 4.79 Å². The zero-order valence-corrected chi connectivity index (χ0v) is 13.0. The molecule has 0 radical (unpaired) electrons. The standard InChI is InChI=1S/C16H24N2O3/c1-12(19)18-9-7-14(8-10-18)17-11-13-5-4-6-15(20-2)16(13)21-3/h4-6,14,17H,7-11H2,1-3H3. The smallest absolute Gasteiger partial charge is 0.219 e. The number of benzene rings is 1. The van der Waals surface area contributed by atoms with E-state index in [2.05, 4.69) is 5.32 Å². The molecule has 1 amide bonds. The maximum atomic E-state index is 11.3. The molecule has 1 heterocycles. The third-order valence-electron chi connectivity index (χ3n) is 4.01. The molecule has 116 valence electrons. The number of rotatable bonds is 5. The van der Waals surface area contributed by atoms with Gasteiger partial charge in [0.25, 0.3) is 0 Å². The molecule has 0 unspecified atom stereocenters. The normalized spacial score (nSPS) is 15.9. The number of nitrogens with one attached hydrogen (secondary N) is 1. The van der Waals surface area contributed by atoms with Crippen LogP contribution in [0.15, 0.2) is 18.2 Å². The maximum Gasteiger partial charge on any atom is 0.219 e. The second kappa shape index (κ2) is 7.31. The highest BCUT2D eigenvalue weighted by Crippen LogP contribution is 2.30. The molecule has 0 aliphatic carbocycles. The Morgan fingerprint density at radius 3 is 2.57 bits per heavy atom. The molecule has 21 heavy (non-hydrogen) atoms. The third-order valence-corrected chi connectivity index (χ3v) is 4.01. The Bertz CT molecular complexity index is 482. The van der Waals surface area contributed by atoms with Gasteiger partial charge in [-0.2, -0.15) is 0 Å². The highest BCUT2D eigenvalue weighted by Gasteiger charge is 2.20. The van der Waals surface area contributed by atoms with Crippen molar-refractivity contribution < 1.29 is 14.3 Å². The molecule has 0 spiro atoms. The van der Waals surface area contributed by atoms with E-state index in [-0.39, 0.29) is 5.91 Å². The van der Waals surface area contributed by atoms with Crippen LogP contribution >= 0.6 is 0 Å². The summed E-state index contributed by atoms with van der Waals surface area (Å²) < 4.78 is 10.8. The van der Waals surface area contributed by atoms with Crippen LogP contribution in [0.2, 0.25) is 0 Å². The van der Waals surface area contributed by atoms with Gasteiger partial charge in [-0.25, -0.2) is 0 Å². The van der Waals surface area contributed by atoms with Crippen molar-refractivity contribution in [3.05, 3.63) is 23.8 Å². The third kappa shape index (κ3) is 3.88. The van der Waals surface area contributed by atoms with Crippen molar-refractivity contribution in [3.63, 3.8) is 0 Å². The number of likely N-dealkylation sites (tertiary alicyclic amines) is 1. The average molecular weight is 292 g/mol. The highest BCUT2D eigenvalue weighted by molar-refractivity contribution is 5.73. The molecule has 0 saturated carbocycles. The summed E-state index contributed by atoms with van der Waals surface area (Å²) in [7, 11) is 3.30. The van der Waals surface area contributed by atoms with Crippen molar-refractivity contribution in [2.45, 2.75) is 32.4 Å². The molecule has 1 saturated heterocycles. The summed E-state index contributed by atoms with van der Waals surface area (Å²) in [5.41, 5.74) is 1.09. The average Bonchev–Trinajstić information content (AvgIpc) is 2.52. The lowest BCUT2D eigenvalue weighted by atomic mass is 10.0. The number of carbonyl (C=O) groups is 1. The zero-order chi connectivity index (χ0) is 15.2. The lowest BCUT2D eigenvalue weighted by Gasteiger charge is -2.32. The number of nitrogens with zero attached hydrogens (tertiary/aromatic N) is 1. The van der Waals surface area contributed by atoms with E-state index < -0.39 is 0 Å². The molecule has 0 aromatic heterocycles. The molecule has 1 aliphatic heterocycles. The van der Waals surface area contributed by atoms with Gasteiger partial charge in [0.1, 0.15) is 0 Å². The Morgan fingerprint density at radius 1 is 1.29 bits per heavy atom. The Kier molecular flexibility index (Phi) is 5.44. The Hall–Kier alpha value is -1.75. The number of amides is 1. The van der Waals surface area contributed by atoms with Crippen LogP contribution in [0.5, 0.6) is 11.5 Å². The Morgan fingerprint density at radius 2 is 2.00 bits per heavy atom. The van der Waals surface area contributed by atoms with Crippen molar-refractivity contribution in [2.75, 3.05) is 27.3 Å². The topological polar surface area (TPSA) is 50.8 Å². The van der Waals surface area contributed by atoms with Gasteiger partial charge in [-0.1, -0.05) is 12.1 Å². The van der Waals surface area contributed by atoms with Crippen molar-refractivity contribution in [2.24, 2.45) is 0 Å². The molecule has 1 aliphatic rings. The molecule has 0 bridgehead atoms. The van der Waals surface area contributed by atoms with E-state index in [0.29, 0.717) is 6.04 Å². The van der Waals surface area contributed by atoms with Crippen LogP contribution in [0.3, 0.4) is 0 Å². The minimum Gasteiger partial charge on any atom is -0.493 e. The Labute approximate surface area is 126 Å². The first-order valence-electron chi connectivity index (χ1n) is 7.34. The van der Waals surface area contributed by atoms with Crippen LogP contribution in [0.4, 0.5) is 0 Å². The first kappa shape index (κ1) is 15.6. The van der Waals surface area contributed by atoms with Crippen molar-refractivity contribution >= 4 is 5.91 Å². The van der Waals surface area contributed by atoms with Gasteiger partial charge in [0.2, 0.25) is 5.91 Å². The second-order valence-corrected chi connectivity index (χ2v) is 5.31. The lowest BCUT2D eigenvalue weighted by molar-refractivity contribution is -0.129. The van der Waals surface area contributed by atoms with Gasteiger partial charge >= 0.3 is 0 Å². The highest BCUT2D eigenvalue weighted by atomic mass is 16.5. The van der Waals surface area contributed by atoms with Crippen LogP contribution in [-0.4, -0.2) is 44.2 Å². The predicted octanol–water partition coefficient (Wildman–Crippen LogP) is 1.80. The van der Waals surface area contributed by atoms with Crippen LogP contribution in [-0.2, 0) is 11.3 Å². The van der Waals surface area contributed by atoms with Crippen LogP contribution < -0.4 is 14.8 Å². The number of methoxy groups -OCH3 is 2. The first-order valence-corrected chi connectivity index (χ1v) is 7.34. The minimum absolute atomic E-state index is 0.169. The largest absolute Gasteiger partial charge is 0.493 e. The van der Waals surface area contributed by atoms with Gasteiger partial charge in [0.15, 0.2) is 11.5 Å². The molecule has 0 atom stereocenters. The van der Waals surface area contributed by atoms with Crippen LogP contribution in [0.25, 0.3) is 0 Å². The molecule has 1 fully saturated rings. The van der Waals surface area contributed by atoms with Gasteiger partial charge in [0, 0.05) is 38.2 Å². The Balaban J connectivity index is 1.91. The van der Waals surface area contributed by atoms with Gasteiger partial charge in [0.05, 0.1) is 14.2 Å². The summed E-state index contributed by atoms with van der Waals surface area (Å²) in [6.07, 6.45) is 1.98. The molecule has 1 N–H and O–H groups in total. The van der Waals surface area contributed by atoms with Gasteiger partial charge in [-0.05, 0) is 18.9 Å². The van der Waals surface area contributed by atoms with Gasteiger partial charge < -0.3 is 19.7 Å². The van der Waals surface area contributed by atoms with Crippen LogP contribution in [0, 0.1) is 0 Å². The second-order valence-electron chi connectivity index (χ2n) is 5.31. The minimum atomic E-state index is 0.169. The van der Waals surface area contributed by atoms with E-state index in [0.717, 1.165) is 49.5 Å². The van der Waals surface area contributed by atoms with E-state index in [4.69, 9.17) is 9.47 Å². The number of para-hydroxylation sites is 1. The van der Waals surface area contributed by atoms with Crippen molar-refractivity contribution in [1.29, 1.82) is 0 Å². The van der Waals surface area contributed by atoms with Crippen molar-refractivity contribution in [3.8, 4) is 11.5 Å². The van der Waals surface area contributed by atoms with Crippen molar-refractivity contribution in [1.82, 2.24) is 10.2 Å². The van der Waals surface area contributed by atoms with E-state index in [1.165, 1.54) is 0 Å². The summed E-state index contributed by atoms with van der Waals surface area (Å²) in [6, 6.07) is 6.35. The molecular weight excluding hydrogens is 268 g/mol. The lowest BCUT2D eigenvalue weighted by Crippen LogP contribution is -2.43. The summed E-state index contributed by atoms with van der Waals surface area (Å²) >= 11 is 0. The number of carbonyl (C=O) groups excluding carboxylic acids is 1. The fraction of sp³-hybridized carbons (Fsp3) is 0.562. The molecular formula is C16H24N2O3. The molecule has 1 aromatic carbocycles.